The quantitative estimate of drug-likeness (QED) is 0.588. The van der Waals surface area contributed by atoms with Crippen molar-refractivity contribution in [2.75, 3.05) is 26.4 Å². The summed E-state index contributed by atoms with van der Waals surface area (Å²) in [5.41, 5.74) is 0. The van der Waals surface area contributed by atoms with Gasteiger partial charge in [-0.15, -0.1) is 10.2 Å². The number of nitrogens with zero attached hydrogens (tertiary/aromatic N) is 3. The van der Waals surface area contributed by atoms with Crippen molar-refractivity contribution in [3.05, 3.63) is 5.82 Å². The Balaban J connectivity index is 2.09. The van der Waals surface area contributed by atoms with E-state index in [9.17, 15) is 9.90 Å². The number of aliphatic carboxylic acids is 1. The Hall–Kier alpha value is -1.08. The van der Waals surface area contributed by atoms with Crippen molar-refractivity contribution in [1.82, 2.24) is 14.8 Å². The summed E-state index contributed by atoms with van der Waals surface area (Å²) in [6, 6.07) is 0. The molecule has 2 rings (SSSR count). The highest BCUT2D eigenvalue weighted by molar-refractivity contribution is 7.99. The first-order valence-corrected chi connectivity index (χ1v) is 7.11. The second kappa shape index (κ2) is 5.71. The molecule has 0 aromatic carbocycles. The van der Waals surface area contributed by atoms with Crippen LogP contribution < -0.4 is 10.0 Å². The molecular formula is C11H18N4O2S. The number of likely N-dealkylation sites (N-methyl/N-ethyl adjacent to an activating group) is 1. The van der Waals surface area contributed by atoms with Gasteiger partial charge < -0.3 is 19.4 Å². The molecule has 0 radical (unpaired) electrons. The Bertz CT molecular complexity index is 429. The van der Waals surface area contributed by atoms with E-state index in [1.807, 2.05) is 0 Å². The fraction of sp³-hybridized carbons (Fsp3) is 0.727. The maximum Gasteiger partial charge on any atom is 0.191 e. The van der Waals surface area contributed by atoms with Crippen LogP contribution in [0.15, 0.2) is 5.16 Å². The Morgan fingerprint density at radius 1 is 1.50 bits per heavy atom. The van der Waals surface area contributed by atoms with Crippen molar-refractivity contribution in [2.24, 2.45) is 0 Å². The second-order valence-electron chi connectivity index (χ2n) is 4.88. The normalized spacial score (nSPS) is 15.3. The number of carboxylic acids is 1. The van der Waals surface area contributed by atoms with Crippen molar-refractivity contribution in [3.63, 3.8) is 0 Å². The van der Waals surface area contributed by atoms with E-state index in [0.717, 1.165) is 31.8 Å². The van der Waals surface area contributed by atoms with Crippen LogP contribution in [0.2, 0.25) is 0 Å². The standard InChI is InChI=1S/C11H18N4O2S/c1-14(2)5-6-15-10(8-3-4-8)12-13-11(15)18-7-9(16)17/h8H,3-7H2,1-2H3,(H,16,17). The summed E-state index contributed by atoms with van der Waals surface area (Å²) in [6.07, 6.45) is 2.33. The molecule has 1 N–H and O–H groups in total. The molecule has 18 heavy (non-hydrogen) atoms. The van der Waals surface area contributed by atoms with E-state index >= 15 is 0 Å². The summed E-state index contributed by atoms with van der Waals surface area (Å²) in [6.45, 7) is 1.80. The van der Waals surface area contributed by atoms with E-state index in [4.69, 9.17) is 0 Å². The van der Waals surface area contributed by atoms with E-state index in [2.05, 4.69) is 28.9 Å². The molecule has 0 unspecified atom stereocenters. The molecule has 1 saturated carbocycles. The van der Waals surface area contributed by atoms with Crippen LogP contribution in [-0.2, 0) is 11.3 Å². The molecule has 0 bridgehead atoms. The maximum absolute atomic E-state index is 10.5. The van der Waals surface area contributed by atoms with Crippen LogP contribution >= 0.6 is 11.8 Å². The Labute approximate surface area is 110 Å². The fourth-order valence-electron chi connectivity index (χ4n) is 1.72. The highest BCUT2D eigenvalue weighted by atomic mass is 32.2. The van der Waals surface area contributed by atoms with Crippen molar-refractivity contribution in [1.29, 1.82) is 0 Å². The number of quaternary nitrogens is 1. The SMILES string of the molecule is C[NH+](C)CCn1c(SCC(=O)[O-])nnc1C1CC1. The lowest BCUT2D eigenvalue weighted by atomic mass is 10.4. The van der Waals surface area contributed by atoms with Gasteiger partial charge in [-0.1, -0.05) is 11.8 Å². The van der Waals surface area contributed by atoms with Gasteiger partial charge in [0.2, 0.25) is 0 Å². The molecule has 1 heterocycles. The van der Waals surface area contributed by atoms with E-state index in [0.29, 0.717) is 11.1 Å². The number of carbonyl (C=O) groups is 1. The lowest BCUT2D eigenvalue weighted by Gasteiger charge is -2.12. The largest absolute Gasteiger partial charge is 0.549 e. The van der Waals surface area contributed by atoms with Gasteiger partial charge in [0.25, 0.3) is 0 Å². The second-order valence-corrected chi connectivity index (χ2v) is 5.83. The summed E-state index contributed by atoms with van der Waals surface area (Å²) in [4.78, 5) is 11.9. The monoisotopic (exact) mass is 270 g/mol. The predicted octanol–water partition coefficient (Wildman–Crippen LogP) is -1.86. The van der Waals surface area contributed by atoms with Crippen molar-refractivity contribution in [3.8, 4) is 0 Å². The Morgan fingerprint density at radius 2 is 2.22 bits per heavy atom. The van der Waals surface area contributed by atoms with Gasteiger partial charge in [-0.05, 0) is 12.8 Å². The maximum atomic E-state index is 10.5. The summed E-state index contributed by atoms with van der Waals surface area (Å²) >= 11 is 1.19. The van der Waals surface area contributed by atoms with Crippen molar-refractivity contribution in [2.45, 2.75) is 30.5 Å². The molecule has 0 aliphatic heterocycles. The third-order valence-corrected chi connectivity index (χ3v) is 3.78. The van der Waals surface area contributed by atoms with E-state index in [1.54, 1.807) is 0 Å². The third kappa shape index (κ3) is 3.46. The van der Waals surface area contributed by atoms with Gasteiger partial charge in [0.05, 0.1) is 33.2 Å². The first-order chi connectivity index (χ1) is 8.58. The number of hydrogen-bond donors (Lipinski definition) is 1. The number of carboxylic acid groups (broad SMARTS) is 1. The number of carbonyl (C=O) groups excluding carboxylic acids is 1. The zero-order valence-electron chi connectivity index (χ0n) is 10.7. The van der Waals surface area contributed by atoms with Crippen LogP contribution in [-0.4, -0.2) is 47.1 Å². The molecule has 0 atom stereocenters. The summed E-state index contributed by atoms with van der Waals surface area (Å²) < 4.78 is 2.07. The van der Waals surface area contributed by atoms with Crippen LogP contribution in [0.4, 0.5) is 0 Å². The minimum atomic E-state index is -1.07. The van der Waals surface area contributed by atoms with Gasteiger partial charge in [0.15, 0.2) is 5.16 Å². The molecule has 0 saturated heterocycles. The Morgan fingerprint density at radius 3 is 2.78 bits per heavy atom. The molecule has 6 nitrogen and oxygen atoms in total. The summed E-state index contributed by atoms with van der Waals surface area (Å²) in [5.74, 6) is 0.391. The van der Waals surface area contributed by atoms with E-state index in [1.165, 1.54) is 16.7 Å². The number of hydrogen-bond acceptors (Lipinski definition) is 5. The molecule has 1 aliphatic carbocycles. The molecule has 7 heteroatoms. The predicted molar refractivity (Wildman–Crippen MR) is 65.4 cm³/mol. The van der Waals surface area contributed by atoms with Gasteiger partial charge in [-0.2, -0.15) is 0 Å². The molecule has 100 valence electrons. The molecule has 1 fully saturated rings. The van der Waals surface area contributed by atoms with Gasteiger partial charge >= 0.3 is 0 Å². The number of thioether (sulfide) groups is 1. The molecule has 0 amide bonds. The van der Waals surface area contributed by atoms with Gasteiger partial charge in [-0.3, -0.25) is 0 Å². The summed E-state index contributed by atoms with van der Waals surface area (Å²) in [5, 5.41) is 19.5. The first kappa shape index (κ1) is 13.4. The smallest absolute Gasteiger partial charge is 0.191 e. The lowest BCUT2D eigenvalue weighted by molar-refractivity contribution is -0.859. The molecule has 0 spiro atoms. The number of rotatable bonds is 7. The van der Waals surface area contributed by atoms with Crippen molar-refractivity contribution >= 4 is 17.7 Å². The minimum absolute atomic E-state index is 0.0718. The van der Waals surface area contributed by atoms with Crippen LogP contribution in [0.25, 0.3) is 0 Å². The number of nitrogens with one attached hydrogen (secondary N) is 1. The highest BCUT2D eigenvalue weighted by Crippen LogP contribution is 2.39. The van der Waals surface area contributed by atoms with Crippen LogP contribution in [0.1, 0.15) is 24.6 Å². The molecule has 1 aromatic rings. The van der Waals surface area contributed by atoms with E-state index in [-0.39, 0.29) is 5.75 Å². The zero-order valence-corrected chi connectivity index (χ0v) is 11.5. The zero-order chi connectivity index (χ0) is 13.1. The average Bonchev–Trinajstić information content (AvgIpc) is 3.05. The van der Waals surface area contributed by atoms with Gasteiger partial charge in [0.1, 0.15) is 5.82 Å². The molecule has 1 aromatic heterocycles. The summed E-state index contributed by atoms with van der Waals surface area (Å²) in [7, 11) is 4.18. The van der Waals surface area contributed by atoms with Crippen LogP contribution in [0.5, 0.6) is 0 Å². The average molecular weight is 270 g/mol. The number of aromatic nitrogens is 3. The Kier molecular flexibility index (Phi) is 4.23. The highest BCUT2D eigenvalue weighted by Gasteiger charge is 2.30. The first-order valence-electron chi connectivity index (χ1n) is 6.12. The van der Waals surface area contributed by atoms with E-state index < -0.39 is 5.97 Å². The third-order valence-electron chi connectivity index (χ3n) is 2.84. The molecule has 1 aliphatic rings. The van der Waals surface area contributed by atoms with Crippen LogP contribution in [0, 0.1) is 0 Å². The van der Waals surface area contributed by atoms with Crippen molar-refractivity contribution < 1.29 is 14.8 Å². The topological polar surface area (TPSA) is 75.3 Å². The molecular weight excluding hydrogens is 252 g/mol. The van der Waals surface area contributed by atoms with Gasteiger partial charge in [0, 0.05) is 11.7 Å². The van der Waals surface area contributed by atoms with Crippen LogP contribution in [0.3, 0.4) is 0 Å². The lowest BCUT2D eigenvalue weighted by Crippen LogP contribution is -3.06. The fourth-order valence-corrected chi connectivity index (χ4v) is 2.41. The minimum Gasteiger partial charge on any atom is -0.549 e. The van der Waals surface area contributed by atoms with Gasteiger partial charge in [-0.25, -0.2) is 0 Å².